The second-order valence-corrected chi connectivity index (χ2v) is 4.92. The van der Waals surface area contributed by atoms with Crippen LogP contribution in [-0.4, -0.2) is 6.88 Å². The number of allylic oxidation sites excluding steroid dienone is 4. The van der Waals surface area contributed by atoms with Crippen LogP contribution in [0.3, 0.4) is 0 Å². The predicted molar refractivity (Wildman–Crippen MR) is 111 cm³/mol. The van der Waals surface area contributed by atoms with Crippen LogP contribution in [0, 0.1) is 20.9 Å². The fraction of sp³-hybridized carbons (Fsp3) is 0.100. The molecule has 0 saturated heterocycles. The van der Waals surface area contributed by atoms with Crippen LogP contribution in [0.2, 0.25) is 0 Å². The molecule has 2 aliphatic rings. The van der Waals surface area contributed by atoms with Crippen molar-refractivity contribution in [2.24, 2.45) is 0 Å². The maximum Gasteiger partial charge on any atom is -0.0195 e. The second-order valence-electron chi connectivity index (χ2n) is 4.92. The average Bonchev–Trinajstić information content (AvgIpc) is 3.16. The Morgan fingerprint density at radius 2 is 1.62 bits per heavy atom. The molecule has 0 aromatic heterocycles. The van der Waals surface area contributed by atoms with Crippen molar-refractivity contribution >= 4 is 37.3 Å². The summed E-state index contributed by atoms with van der Waals surface area (Å²) in [5, 5.41) is 0. The molecule has 0 spiro atoms. The average molecular weight is 454 g/mol. The van der Waals surface area contributed by atoms with Crippen LogP contribution in [0.4, 0.5) is 0 Å². The van der Waals surface area contributed by atoms with Gasteiger partial charge in [0, 0.05) is 0 Å². The Hall–Kier alpha value is -0.400. The van der Waals surface area contributed by atoms with Gasteiger partial charge in [0.25, 0.3) is 0 Å². The van der Waals surface area contributed by atoms with Crippen molar-refractivity contribution < 1.29 is 23.3 Å². The molecule has 2 aromatic carbocycles. The molecule has 0 saturated carbocycles. The zero-order chi connectivity index (χ0) is 13.9. The van der Waals surface area contributed by atoms with E-state index in [2.05, 4.69) is 60.7 Å². The van der Waals surface area contributed by atoms with Crippen molar-refractivity contribution in [3.8, 4) is 11.1 Å². The number of rotatable bonds is 1. The minimum absolute atomic E-state index is 0. The fourth-order valence-corrected chi connectivity index (χ4v) is 2.89. The van der Waals surface area contributed by atoms with Gasteiger partial charge in [-0.3, -0.25) is 0 Å². The van der Waals surface area contributed by atoms with Crippen molar-refractivity contribution in [1.29, 1.82) is 0 Å². The first-order valence-electron chi connectivity index (χ1n) is 6.77. The second kappa shape index (κ2) is 12.0. The molecular weight excluding hydrogens is 430 g/mol. The molecule has 0 atom stereocenters. The molecule has 128 valence electrons. The van der Waals surface area contributed by atoms with E-state index in [0.29, 0.717) is 0 Å². The molecule has 0 heterocycles. The normalized spacial score (nSPS) is 11.7. The molecule has 4 rings (SSSR count). The van der Waals surface area contributed by atoms with Crippen molar-refractivity contribution in [2.45, 2.75) is 12.8 Å². The van der Waals surface area contributed by atoms with Gasteiger partial charge in [0.05, 0.1) is 0 Å². The van der Waals surface area contributed by atoms with Crippen molar-refractivity contribution in [1.82, 2.24) is 0 Å². The SMILES string of the molecule is Cl.Cl.[CH3-].[CH3-].[SiH2]=[Zr].[c-]1c(C2=CC=CC2)ccc2c1Cc1ccccc1-2. The van der Waals surface area contributed by atoms with E-state index >= 15 is 0 Å². The molecule has 4 heteroatoms. The number of halogens is 2. The summed E-state index contributed by atoms with van der Waals surface area (Å²) in [6, 6.07) is 16.7. The summed E-state index contributed by atoms with van der Waals surface area (Å²) >= 11 is 1.58. The molecule has 24 heavy (non-hydrogen) atoms. The van der Waals surface area contributed by atoms with E-state index in [1.54, 1.807) is 23.3 Å². The standard InChI is InChI=1S/C18H13.2CH3.2ClH.H2Si.Zr/c1-2-6-13(5-1)14-9-10-18-16(11-14)12-15-7-3-4-8-17(15)18;;;;;;/h1-5,7-10H,6,12H2;2*1H3;2*1H;1H2;/q3*-1;;;;. The number of benzene rings is 2. The summed E-state index contributed by atoms with van der Waals surface area (Å²) in [6.45, 7) is 1.95. The van der Waals surface area contributed by atoms with Gasteiger partial charge in [-0.25, -0.2) is 0 Å². The molecule has 0 radical (unpaired) electrons. The minimum Gasteiger partial charge on any atom is -0.147 e. The monoisotopic (exact) mass is 451 g/mol. The zero-order valence-electron chi connectivity index (χ0n) is 14.1. The number of fused-ring (bicyclic) bond motifs is 3. The Kier molecular flexibility index (Phi) is 13.0. The van der Waals surface area contributed by atoms with E-state index in [-0.39, 0.29) is 39.7 Å². The van der Waals surface area contributed by atoms with Crippen LogP contribution >= 0.6 is 24.8 Å². The molecule has 2 aliphatic carbocycles. The first-order chi connectivity index (χ1) is 9.92. The van der Waals surface area contributed by atoms with Crippen LogP contribution in [0.5, 0.6) is 0 Å². The van der Waals surface area contributed by atoms with Crippen LogP contribution in [0.1, 0.15) is 23.1 Å². The van der Waals surface area contributed by atoms with E-state index in [1.165, 1.54) is 33.4 Å². The van der Waals surface area contributed by atoms with E-state index in [1.807, 2.05) is 6.88 Å². The van der Waals surface area contributed by atoms with Gasteiger partial charge in [-0.1, -0.05) is 47.5 Å². The Morgan fingerprint density at radius 1 is 0.917 bits per heavy atom. The van der Waals surface area contributed by atoms with Crippen LogP contribution in [-0.2, 0) is 29.8 Å². The zero-order valence-corrected chi connectivity index (χ0v) is 19.6. The van der Waals surface area contributed by atoms with Crippen LogP contribution in [0.15, 0.2) is 54.6 Å². The first-order valence-corrected chi connectivity index (χ1v) is 12.7. The molecule has 0 N–H and O–H groups in total. The molecule has 0 unspecified atom stereocenters. The van der Waals surface area contributed by atoms with Gasteiger partial charge in [0.15, 0.2) is 0 Å². The van der Waals surface area contributed by atoms with Crippen LogP contribution < -0.4 is 0 Å². The van der Waals surface area contributed by atoms with E-state index < -0.39 is 0 Å². The van der Waals surface area contributed by atoms with E-state index in [4.69, 9.17) is 0 Å². The summed E-state index contributed by atoms with van der Waals surface area (Å²) in [6.07, 6.45) is 8.60. The third-order valence-electron chi connectivity index (χ3n) is 3.82. The molecule has 2 aromatic rings. The topological polar surface area (TPSA) is 0 Å². The summed E-state index contributed by atoms with van der Waals surface area (Å²) in [5.41, 5.74) is 8.16. The Balaban J connectivity index is 0. The third kappa shape index (κ3) is 5.05. The molecule has 0 fully saturated rings. The molecule has 0 aliphatic heterocycles. The van der Waals surface area contributed by atoms with Crippen molar-refractivity contribution in [3.63, 3.8) is 0 Å². The first kappa shape index (κ1) is 25.8. The van der Waals surface area contributed by atoms with Crippen LogP contribution in [0.25, 0.3) is 16.7 Å². The van der Waals surface area contributed by atoms with Gasteiger partial charge in [-0.05, 0) is 18.4 Å². The Bertz CT molecular complexity index is 723. The minimum atomic E-state index is 0. The van der Waals surface area contributed by atoms with Gasteiger partial charge in [-0.15, -0.1) is 65.8 Å². The summed E-state index contributed by atoms with van der Waals surface area (Å²) in [4.78, 5) is 0. The van der Waals surface area contributed by atoms with Gasteiger partial charge in [0.1, 0.15) is 0 Å². The van der Waals surface area contributed by atoms with Gasteiger partial charge < -0.3 is 14.9 Å². The van der Waals surface area contributed by atoms with E-state index in [9.17, 15) is 0 Å². The smallest absolute Gasteiger partial charge is 0.0195 e. The Morgan fingerprint density at radius 3 is 2.29 bits per heavy atom. The predicted octanol–water partition coefficient (Wildman–Crippen LogP) is 5.23. The van der Waals surface area contributed by atoms with Gasteiger partial charge in [-0.2, -0.15) is 0 Å². The molecular formula is C20H23Cl2SiZr-3. The third-order valence-corrected chi connectivity index (χ3v) is 3.82. The van der Waals surface area contributed by atoms with Gasteiger partial charge >= 0.3 is 30.2 Å². The largest absolute Gasteiger partial charge is 0.147 e. The van der Waals surface area contributed by atoms with Crippen molar-refractivity contribution in [3.05, 3.63) is 92.2 Å². The maximum absolute atomic E-state index is 3.61. The molecule has 0 amide bonds. The quantitative estimate of drug-likeness (QED) is 0.350. The molecule has 0 bridgehead atoms. The number of hydrogen-bond donors (Lipinski definition) is 0. The maximum atomic E-state index is 3.61. The molecule has 0 nitrogen and oxygen atoms in total. The van der Waals surface area contributed by atoms with Crippen molar-refractivity contribution in [2.75, 3.05) is 0 Å². The summed E-state index contributed by atoms with van der Waals surface area (Å²) in [5.74, 6) is 0. The summed E-state index contributed by atoms with van der Waals surface area (Å²) < 4.78 is 0. The van der Waals surface area contributed by atoms with E-state index in [0.717, 1.165) is 12.8 Å². The number of hydrogen-bond acceptors (Lipinski definition) is 0. The summed E-state index contributed by atoms with van der Waals surface area (Å²) in [7, 11) is 0. The fourth-order valence-electron chi connectivity index (χ4n) is 2.89. The Labute approximate surface area is 175 Å². The van der Waals surface area contributed by atoms with Gasteiger partial charge in [0.2, 0.25) is 0 Å².